The Kier molecular flexibility index (Phi) is 6.47. The van der Waals surface area contributed by atoms with Crippen molar-refractivity contribution in [3.8, 4) is 11.5 Å². The highest BCUT2D eigenvalue weighted by atomic mass is 16.5. The maximum atomic E-state index is 11.9. The normalized spacial score (nSPS) is 15.8. The van der Waals surface area contributed by atoms with E-state index >= 15 is 0 Å². The van der Waals surface area contributed by atoms with Gasteiger partial charge in [-0.05, 0) is 78.6 Å². The number of amides is 2. The van der Waals surface area contributed by atoms with E-state index in [1.807, 2.05) is 76.5 Å². The van der Waals surface area contributed by atoms with Gasteiger partial charge in [0, 0.05) is 37.3 Å². The van der Waals surface area contributed by atoms with Crippen LogP contribution in [0.15, 0.2) is 72.8 Å². The SMILES string of the molecule is O=C1CCCN1c1ccc(OCc2cccc(COc3ccc(N4CCCC4=O)cc3)c2)cc1. The molecule has 3 aromatic carbocycles. The fourth-order valence-electron chi connectivity index (χ4n) is 4.43. The van der Waals surface area contributed by atoms with E-state index in [9.17, 15) is 9.59 Å². The quantitative estimate of drug-likeness (QED) is 0.473. The van der Waals surface area contributed by atoms with Gasteiger partial charge in [-0.1, -0.05) is 18.2 Å². The zero-order chi connectivity index (χ0) is 23.3. The number of carbonyl (C=O) groups is 2. The fraction of sp³-hybridized carbons (Fsp3) is 0.286. The van der Waals surface area contributed by atoms with E-state index in [1.54, 1.807) is 0 Å². The second-order valence-electron chi connectivity index (χ2n) is 8.68. The van der Waals surface area contributed by atoms with Gasteiger partial charge < -0.3 is 19.3 Å². The Morgan fingerprint density at radius 3 is 1.44 bits per heavy atom. The van der Waals surface area contributed by atoms with Crippen LogP contribution >= 0.6 is 0 Å². The Morgan fingerprint density at radius 1 is 0.618 bits per heavy atom. The average molecular weight is 457 g/mol. The first kappa shape index (κ1) is 22.0. The minimum Gasteiger partial charge on any atom is -0.489 e. The van der Waals surface area contributed by atoms with Crippen LogP contribution in [0.5, 0.6) is 11.5 Å². The lowest BCUT2D eigenvalue weighted by atomic mass is 10.1. The van der Waals surface area contributed by atoms with Crippen LogP contribution in [0.25, 0.3) is 0 Å². The fourth-order valence-corrected chi connectivity index (χ4v) is 4.43. The molecule has 174 valence electrons. The lowest BCUT2D eigenvalue weighted by molar-refractivity contribution is -0.117. The number of hydrogen-bond acceptors (Lipinski definition) is 4. The summed E-state index contributed by atoms with van der Waals surface area (Å²) in [6, 6.07) is 23.5. The molecule has 0 spiro atoms. The van der Waals surface area contributed by atoms with Crippen molar-refractivity contribution in [1.29, 1.82) is 0 Å². The van der Waals surface area contributed by atoms with Crippen molar-refractivity contribution < 1.29 is 19.1 Å². The first-order valence-corrected chi connectivity index (χ1v) is 11.8. The van der Waals surface area contributed by atoms with Gasteiger partial charge in [0.1, 0.15) is 24.7 Å². The van der Waals surface area contributed by atoms with Gasteiger partial charge in [0.05, 0.1) is 0 Å². The number of carbonyl (C=O) groups excluding carboxylic acids is 2. The molecular formula is C28H28N2O4. The van der Waals surface area contributed by atoms with E-state index < -0.39 is 0 Å². The lowest BCUT2D eigenvalue weighted by Crippen LogP contribution is -2.23. The van der Waals surface area contributed by atoms with E-state index in [0.717, 1.165) is 59.9 Å². The summed E-state index contributed by atoms with van der Waals surface area (Å²) in [5.74, 6) is 1.91. The van der Waals surface area contributed by atoms with E-state index in [-0.39, 0.29) is 11.8 Å². The molecule has 0 unspecified atom stereocenters. The Morgan fingerprint density at radius 2 is 1.06 bits per heavy atom. The molecule has 0 saturated carbocycles. The molecule has 0 N–H and O–H groups in total. The average Bonchev–Trinajstić information content (AvgIpc) is 3.50. The van der Waals surface area contributed by atoms with Crippen LogP contribution in [0.3, 0.4) is 0 Å². The molecule has 0 aromatic heterocycles. The summed E-state index contributed by atoms with van der Waals surface area (Å²) in [6.07, 6.45) is 3.09. The topological polar surface area (TPSA) is 59.1 Å². The highest BCUT2D eigenvalue weighted by Gasteiger charge is 2.22. The summed E-state index contributed by atoms with van der Waals surface area (Å²) in [5, 5.41) is 0. The molecule has 2 saturated heterocycles. The zero-order valence-electron chi connectivity index (χ0n) is 19.1. The van der Waals surface area contributed by atoms with Gasteiger partial charge >= 0.3 is 0 Å². The van der Waals surface area contributed by atoms with Crippen molar-refractivity contribution >= 4 is 23.2 Å². The largest absolute Gasteiger partial charge is 0.489 e. The van der Waals surface area contributed by atoms with Crippen LogP contribution in [0.2, 0.25) is 0 Å². The molecule has 2 amide bonds. The maximum Gasteiger partial charge on any atom is 0.227 e. The molecule has 0 aliphatic carbocycles. The second kappa shape index (κ2) is 10.00. The van der Waals surface area contributed by atoms with Crippen molar-refractivity contribution in [2.45, 2.75) is 38.9 Å². The van der Waals surface area contributed by atoms with Crippen LogP contribution < -0.4 is 19.3 Å². The number of rotatable bonds is 8. The molecule has 34 heavy (non-hydrogen) atoms. The predicted molar refractivity (Wildman–Crippen MR) is 131 cm³/mol. The number of nitrogens with zero attached hydrogens (tertiary/aromatic N) is 2. The minimum absolute atomic E-state index is 0.185. The maximum absolute atomic E-state index is 11.9. The third kappa shape index (κ3) is 5.06. The van der Waals surface area contributed by atoms with Crippen molar-refractivity contribution in [2.24, 2.45) is 0 Å². The van der Waals surface area contributed by atoms with Gasteiger partial charge in [0.15, 0.2) is 0 Å². The molecule has 2 fully saturated rings. The Labute approximate surface area is 199 Å². The molecule has 0 atom stereocenters. The van der Waals surface area contributed by atoms with Crippen LogP contribution in [0, 0.1) is 0 Å². The third-order valence-corrected chi connectivity index (χ3v) is 6.25. The first-order valence-electron chi connectivity index (χ1n) is 11.8. The van der Waals surface area contributed by atoms with E-state index in [0.29, 0.717) is 26.1 Å². The molecule has 6 heteroatoms. The van der Waals surface area contributed by atoms with E-state index in [4.69, 9.17) is 9.47 Å². The molecule has 6 nitrogen and oxygen atoms in total. The highest BCUT2D eigenvalue weighted by molar-refractivity contribution is 5.95. The predicted octanol–water partition coefficient (Wildman–Crippen LogP) is 5.10. The summed E-state index contributed by atoms with van der Waals surface area (Å²) in [5.41, 5.74) is 3.97. The molecule has 2 aliphatic heterocycles. The van der Waals surface area contributed by atoms with Crippen molar-refractivity contribution in [3.63, 3.8) is 0 Å². The lowest BCUT2D eigenvalue weighted by Gasteiger charge is -2.16. The molecule has 2 heterocycles. The van der Waals surface area contributed by atoms with Gasteiger partial charge in [-0.15, -0.1) is 0 Å². The van der Waals surface area contributed by atoms with Gasteiger partial charge in [-0.2, -0.15) is 0 Å². The Hall–Kier alpha value is -3.80. The van der Waals surface area contributed by atoms with Gasteiger partial charge in [-0.25, -0.2) is 0 Å². The van der Waals surface area contributed by atoms with Crippen LogP contribution in [-0.2, 0) is 22.8 Å². The molecule has 0 bridgehead atoms. The minimum atomic E-state index is 0.185. The summed E-state index contributed by atoms with van der Waals surface area (Å²) in [4.78, 5) is 27.4. The van der Waals surface area contributed by atoms with Crippen molar-refractivity contribution in [2.75, 3.05) is 22.9 Å². The van der Waals surface area contributed by atoms with Gasteiger partial charge in [-0.3, -0.25) is 9.59 Å². The molecule has 0 radical (unpaired) electrons. The molecular weight excluding hydrogens is 428 g/mol. The van der Waals surface area contributed by atoms with Crippen LogP contribution in [-0.4, -0.2) is 24.9 Å². The highest BCUT2D eigenvalue weighted by Crippen LogP contribution is 2.26. The molecule has 2 aliphatic rings. The Bertz CT molecular complexity index is 1070. The zero-order valence-corrected chi connectivity index (χ0v) is 19.1. The van der Waals surface area contributed by atoms with Crippen molar-refractivity contribution in [1.82, 2.24) is 0 Å². The number of hydrogen-bond donors (Lipinski definition) is 0. The number of benzene rings is 3. The standard InChI is InChI=1S/C28H28N2O4/c31-27-6-2-16-29(27)23-8-12-25(13-9-23)33-19-21-4-1-5-22(18-21)20-34-26-14-10-24(11-15-26)30-17-3-7-28(30)32/h1,4-5,8-15,18H,2-3,6-7,16-17,19-20H2. The summed E-state index contributed by atoms with van der Waals surface area (Å²) in [7, 11) is 0. The summed E-state index contributed by atoms with van der Waals surface area (Å²) in [6.45, 7) is 2.48. The monoisotopic (exact) mass is 456 g/mol. The molecule has 5 rings (SSSR count). The van der Waals surface area contributed by atoms with Gasteiger partial charge in [0.25, 0.3) is 0 Å². The number of anilines is 2. The smallest absolute Gasteiger partial charge is 0.227 e. The first-order chi connectivity index (χ1) is 16.7. The second-order valence-corrected chi connectivity index (χ2v) is 8.68. The van der Waals surface area contributed by atoms with E-state index in [2.05, 4.69) is 6.07 Å². The van der Waals surface area contributed by atoms with Crippen LogP contribution in [0.1, 0.15) is 36.8 Å². The number of ether oxygens (including phenoxy) is 2. The van der Waals surface area contributed by atoms with Crippen LogP contribution in [0.4, 0.5) is 11.4 Å². The molecule has 3 aromatic rings. The van der Waals surface area contributed by atoms with Crippen molar-refractivity contribution in [3.05, 3.63) is 83.9 Å². The van der Waals surface area contributed by atoms with Gasteiger partial charge in [0.2, 0.25) is 11.8 Å². The Balaban J connectivity index is 1.13. The summed E-state index contributed by atoms with van der Waals surface area (Å²) >= 11 is 0. The summed E-state index contributed by atoms with van der Waals surface area (Å²) < 4.78 is 11.9. The van der Waals surface area contributed by atoms with E-state index in [1.165, 1.54) is 0 Å². The third-order valence-electron chi connectivity index (χ3n) is 6.25.